The number of fused-ring (bicyclic) bond motifs is 1. The van der Waals surface area contributed by atoms with Crippen molar-refractivity contribution < 1.29 is 44.8 Å². The van der Waals surface area contributed by atoms with Crippen molar-refractivity contribution in [3.05, 3.63) is 92.6 Å². The van der Waals surface area contributed by atoms with Crippen molar-refractivity contribution in [3.8, 4) is 11.5 Å². The molecular formula is C34H35BINO9. The van der Waals surface area contributed by atoms with E-state index in [1.54, 1.807) is 6.07 Å². The molecule has 3 aromatic carbocycles. The van der Waals surface area contributed by atoms with Crippen molar-refractivity contribution >= 4 is 64.3 Å². The number of aliphatic hydroxyl groups is 3. The van der Waals surface area contributed by atoms with Crippen LogP contribution < -0.4 is 15.1 Å². The number of aromatic hydroxyl groups is 1. The number of methoxy groups -OCH3 is 1. The molecule has 2 amide bonds. The lowest BCUT2D eigenvalue weighted by molar-refractivity contribution is -0.123. The van der Waals surface area contributed by atoms with Gasteiger partial charge in [-0.25, -0.2) is 0 Å². The fourth-order valence-electron chi connectivity index (χ4n) is 6.62. The molecule has 0 saturated carbocycles. The first-order chi connectivity index (χ1) is 22.1. The Bertz CT molecular complexity index is 1680. The van der Waals surface area contributed by atoms with Crippen molar-refractivity contribution in [1.29, 1.82) is 0 Å². The van der Waals surface area contributed by atoms with Crippen molar-refractivity contribution in [2.45, 2.75) is 25.4 Å². The predicted molar refractivity (Wildman–Crippen MR) is 182 cm³/mol. The molecule has 1 aliphatic heterocycles. The summed E-state index contributed by atoms with van der Waals surface area (Å²) in [5, 5.41) is 62.1. The minimum atomic E-state index is -1.79. The first kappa shape index (κ1) is 33.8. The number of halogens is 1. The molecule has 6 N–H and O–H groups in total. The number of carbonyl (C=O) groups is 2. The first-order valence-electron chi connectivity index (χ1n) is 14.9. The van der Waals surface area contributed by atoms with Gasteiger partial charge in [-0.1, -0.05) is 48.5 Å². The van der Waals surface area contributed by atoms with Gasteiger partial charge in [0, 0.05) is 5.92 Å². The lowest BCUT2D eigenvalue weighted by Gasteiger charge is -2.36. The molecule has 0 radical (unpaired) electrons. The van der Waals surface area contributed by atoms with Crippen LogP contribution >= 0.6 is 22.6 Å². The Balaban J connectivity index is 1.44. The predicted octanol–water partition coefficient (Wildman–Crippen LogP) is 2.47. The number of hydrogen-bond acceptors (Lipinski definition) is 9. The highest BCUT2D eigenvalue weighted by molar-refractivity contribution is 14.1. The maximum absolute atomic E-state index is 13.8. The van der Waals surface area contributed by atoms with Crippen molar-refractivity contribution in [2.75, 3.05) is 25.2 Å². The lowest BCUT2D eigenvalue weighted by atomic mass is 9.68. The number of benzene rings is 3. The van der Waals surface area contributed by atoms with E-state index in [4.69, 9.17) is 4.74 Å². The number of phenolic OH excluding ortho intramolecular Hbond substituents is 1. The number of amides is 2. The van der Waals surface area contributed by atoms with Crippen LogP contribution in [0.4, 0.5) is 5.69 Å². The fraction of sp³-hybridized carbons (Fsp3) is 0.294. The van der Waals surface area contributed by atoms with Crippen molar-refractivity contribution in [1.82, 2.24) is 0 Å². The number of carbonyl (C=O) groups excluding carboxylic acids is 2. The Kier molecular flexibility index (Phi) is 10.7. The summed E-state index contributed by atoms with van der Waals surface area (Å²) in [6.07, 6.45) is 1.44. The van der Waals surface area contributed by atoms with Crippen LogP contribution in [0.25, 0.3) is 11.6 Å². The third kappa shape index (κ3) is 6.64. The Morgan fingerprint density at radius 3 is 2.46 bits per heavy atom. The molecule has 1 heterocycles. The Labute approximate surface area is 280 Å². The van der Waals surface area contributed by atoms with Crippen LogP contribution in [-0.4, -0.2) is 75.8 Å². The molecule has 0 bridgehead atoms. The zero-order valence-corrected chi connectivity index (χ0v) is 27.2. The molecule has 1 fully saturated rings. The third-order valence-electron chi connectivity index (χ3n) is 8.80. The lowest BCUT2D eigenvalue weighted by Crippen LogP contribution is -2.39. The average molecular weight is 739 g/mol. The molecule has 3 aromatic rings. The molecule has 12 heteroatoms. The maximum Gasteiger partial charge on any atom is 0.488 e. The van der Waals surface area contributed by atoms with Crippen LogP contribution in [-0.2, 0) is 9.59 Å². The highest BCUT2D eigenvalue weighted by atomic mass is 127. The molecule has 2 aliphatic rings. The first-order valence-corrected chi connectivity index (χ1v) is 15.9. The Morgan fingerprint density at radius 1 is 1.07 bits per heavy atom. The molecule has 0 spiro atoms. The molecule has 0 aromatic heterocycles. The van der Waals surface area contributed by atoms with Gasteiger partial charge in [-0.05, 0) is 99.4 Å². The summed E-state index contributed by atoms with van der Waals surface area (Å²) >= 11 is 2.03. The summed E-state index contributed by atoms with van der Waals surface area (Å²) in [5.41, 5.74) is 3.65. The van der Waals surface area contributed by atoms with E-state index in [0.29, 0.717) is 26.9 Å². The van der Waals surface area contributed by atoms with Crippen molar-refractivity contribution in [3.63, 3.8) is 0 Å². The zero-order valence-electron chi connectivity index (χ0n) is 25.1. The summed E-state index contributed by atoms with van der Waals surface area (Å²) in [7, 11) is -0.316. The maximum atomic E-state index is 13.8. The largest absolute Gasteiger partial charge is 0.504 e. The second-order valence-electron chi connectivity index (χ2n) is 11.5. The van der Waals surface area contributed by atoms with E-state index in [0.717, 1.165) is 21.6 Å². The van der Waals surface area contributed by atoms with Gasteiger partial charge in [-0.3, -0.25) is 14.5 Å². The van der Waals surface area contributed by atoms with Crippen LogP contribution in [0.3, 0.4) is 0 Å². The van der Waals surface area contributed by atoms with Crippen LogP contribution in [0.15, 0.2) is 77.9 Å². The van der Waals surface area contributed by atoms with Gasteiger partial charge in [0.2, 0.25) is 11.8 Å². The van der Waals surface area contributed by atoms with E-state index >= 15 is 0 Å². The number of nitrogens with zero attached hydrogens (tertiary/aromatic N) is 1. The Hall–Kier alpha value is -3.53. The van der Waals surface area contributed by atoms with Crippen molar-refractivity contribution in [2.24, 2.45) is 17.8 Å². The van der Waals surface area contributed by atoms with Crippen LogP contribution in [0, 0.1) is 21.3 Å². The van der Waals surface area contributed by atoms with Gasteiger partial charge in [0.1, 0.15) is 0 Å². The Morgan fingerprint density at radius 2 is 1.80 bits per heavy atom. The van der Waals surface area contributed by atoms with E-state index in [1.165, 1.54) is 31.4 Å². The average Bonchev–Trinajstić information content (AvgIpc) is 3.32. The molecule has 4 atom stereocenters. The molecule has 1 saturated heterocycles. The summed E-state index contributed by atoms with van der Waals surface area (Å²) in [5.74, 6) is -3.41. The van der Waals surface area contributed by atoms with Crippen LogP contribution in [0.2, 0.25) is 0 Å². The monoisotopic (exact) mass is 739 g/mol. The van der Waals surface area contributed by atoms with E-state index < -0.39 is 56.0 Å². The number of hydrogen-bond donors (Lipinski definition) is 6. The second kappa shape index (κ2) is 14.5. The standard InChI is InChI=1S/C34H35BINO9/c1-46-29-14-19(13-27(36)32(29)41)12-21(20-6-3-2-4-7-20)10-11-28(40)30-22(17-38)15-25-31(26(30)18-39)34(43)37(33(25)42)24-9-5-8-23(16-24)35(44)45/h2-9,12-14,16,25-26,28,31,38-41,44-45H,10-11,15,17-18H2,1H3/b21-12-/t25-,26+,28-,31-/m1/s1. The van der Waals surface area contributed by atoms with Crippen LogP contribution in [0.5, 0.6) is 11.5 Å². The third-order valence-corrected chi connectivity index (χ3v) is 9.62. The van der Waals surface area contributed by atoms with Gasteiger partial charge in [-0.2, -0.15) is 0 Å². The van der Waals surface area contributed by atoms with Gasteiger partial charge in [0.25, 0.3) is 0 Å². The summed E-state index contributed by atoms with van der Waals surface area (Å²) in [6, 6.07) is 19.0. The van der Waals surface area contributed by atoms with Crippen LogP contribution in [0.1, 0.15) is 30.4 Å². The van der Waals surface area contributed by atoms with Gasteiger partial charge < -0.3 is 35.2 Å². The topological polar surface area (TPSA) is 168 Å². The minimum Gasteiger partial charge on any atom is -0.504 e. The SMILES string of the molecule is COc1cc(/C=C(/CC[C@@H](O)C2=C(CO)C[C@H]3C(=O)N(c4cccc(B(O)O)c4)C(=O)[C@H]3[C@H]2CO)c2ccccc2)cc(I)c1O. The van der Waals surface area contributed by atoms with E-state index in [9.17, 15) is 40.1 Å². The quantitative estimate of drug-likeness (QED) is 0.0570. The normalized spacial score (nSPS) is 20.6. The fourth-order valence-corrected chi connectivity index (χ4v) is 7.24. The van der Waals surface area contributed by atoms with E-state index in [1.807, 2.05) is 65.1 Å². The number of aliphatic hydroxyl groups excluding tert-OH is 3. The molecular weight excluding hydrogens is 704 g/mol. The molecule has 1 aliphatic carbocycles. The van der Waals surface area contributed by atoms with Gasteiger partial charge in [0.15, 0.2) is 11.5 Å². The molecule has 46 heavy (non-hydrogen) atoms. The summed E-state index contributed by atoms with van der Waals surface area (Å²) < 4.78 is 5.94. The molecule has 5 rings (SSSR count). The number of imide groups is 1. The number of ether oxygens (including phenoxy) is 1. The summed E-state index contributed by atoms with van der Waals surface area (Å²) in [4.78, 5) is 28.4. The molecule has 0 unspecified atom stereocenters. The zero-order chi connectivity index (χ0) is 33.1. The molecule has 10 nitrogen and oxygen atoms in total. The smallest absolute Gasteiger partial charge is 0.488 e. The van der Waals surface area contributed by atoms with E-state index in [2.05, 4.69) is 0 Å². The summed E-state index contributed by atoms with van der Waals surface area (Å²) in [6.45, 7) is -0.973. The number of phenols is 1. The number of rotatable bonds is 11. The highest BCUT2D eigenvalue weighted by Crippen LogP contribution is 2.47. The van der Waals surface area contributed by atoms with Gasteiger partial charge in [0.05, 0.1) is 47.5 Å². The number of anilines is 1. The highest BCUT2D eigenvalue weighted by Gasteiger charge is 2.55. The molecule has 240 valence electrons. The van der Waals surface area contributed by atoms with Gasteiger partial charge in [-0.15, -0.1) is 0 Å². The minimum absolute atomic E-state index is 0.0422. The van der Waals surface area contributed by atoms with E-state index in [-0.39, 0.29) is 29.7 Å². The van der Waals surface area contributed by atoms with Gasteiger partial charge >= 0.3 is 7.12 Å². The second-order valence-corrected chi connectivity index (χ2v) is 12.6. The number of allylic oxidation sites excluding steroid dienone is 1.